The molecule has 0 heterocycles. The molecule has 0 fully saturated rings. The quantitative estimate of drug-likeness (QED) is 0.604. The molecule has 0 aromatic heterocycles. The summed E-state index contributed by atoms with van der Waals surface area (Å²) in [6.45, 7) is 2.49. The summed E-state index contributed by atoms with van der Waals surface area (Å²) in [4.78, 5) is 13.1. The van der Waals surface area contributed by atoms with Gasteiger partial charge in [0, 0.05) is 14.9 Å². The maximum atomic E-state index is 11.2. The first kappa shape index (κ1) is 20.4. The Morgan fingerprint density at radius 1 is 1.30 bits per heavy atom. The van der Waals surface area contributed by atoms with Gasteiger partial charge in [0.1, 0.15) is 6.04 Å². The third-order valence-electron chi connectivity index (χ3n) is 5.93. The Kier molecular flexibility index (Phi) is 6.29. The average molecular weight is 451 g/mol. The van der Waals surface area contributed by atoms with Crippen molar-refractivity contribution < 1.29 is 9.90 Å². The predicted octanol–water partition coefficient (Wildman–Crippen LogP) is 5.52. The molecular formula is C22H25BrClNO2. The van der Waals surface area contributed by atoms with Crippen LogP contribution in [0.3, 0.4) is 0 Å². The van der Waals surface area contributed by atoms with Gasteiger partial charge in [0.15, 0.2) is 0 Å². The van der Waals surface area contributed by atoms with Gasteiger partial charge in [0.25, 0.3) is 0 Å². The number of hydrogen-bond acceptors (Lipinski definition) is 2. The summed E-state index contributed by atoms with van der Waals surface area (Å²) >= 11 is 9.72. The van der Waals surface area contributed by atoms with Gasteiger partial charge in [-0.15, -0.1) is 0 Å². The number of benzene rings is 2. The van der Waals surface area contributed by atoms with E-state index in [1.165, 1.54) is 16.7 Å². The second-order valence-electron chi connectivity index (χ2n) is 7.49. The normalized spacial score (nSPS) is 19.9. The van der Waals surface area contributed by atoms with E-state index >= 15 is 0 Å². The molecule has 144 valence electrons. The molecule has 1 aliphatic rings. The number of carbonyl (C=O) groups is 1. The Morgan fingerprint density at radius 2 is 2.00 bits per heavy atom. The molecule has 3 rings (SSSR count). The Bertz CT molecular complexity index is 824. The first-order valence-electron chi connectivity index (χ1n) is 9.31. The molecule has 2 aromatic rings. The third-order valence-corrected chi connectivity index (χ3v) is 6.68. The zero-order valence-corrected chi connectivity index (χ0v) is 18.1. The highest BCUT2D eigenvalue weighted by atomic mass is 79.9. The third kappa shape index (κ3) is 4.23. The average Bonchev–Trinajstić information content (AvgIpc) is 3.00. The van der Waals surface area contributed by atoms with Crippen LogP contribution >= 0.6 is 27.5 Å². The number of carboxylic acid groups (broad SMARTS) is 1. The second kappa shape index (κ2) is 8.34. The van der Waals surface area contributed by atoms with Crippen molar-refractivity contribution in [3.05, 3.63) is 68.7 Å². The predicted molar refractivity (Wildman–Crippen MR) is 114 cm³/mol. The van der Waals surface area contributed by atoms with Crippen LogP contribution in [0.4, 0.5) is 0 Å². The Balaban J connectivity index is 1.87. The van der Waals surface area contributed by atoms with Gasteiger partial charge in [0.2, 0.25) is 0 Å². The minimum Gasteiger partial charge on any atom is -0.480 e. The van der Waals surface area contributed by atoms with Crippen molar-refractivity contribution in [1.82, 2.24) is 4.90 Å². The van der Waals surface area contributed by atoms with Crippen LogP contribution in [0, 0.1) is 0 Å². The number of halogens is 2. The van der Waals surface area contributed by atoms with Crippen LogP contribution < -0.4 is 0 Å². The largest absolute Gasteiger partial charge is 0.480 e. The van der Waals surface area contributed by atoms with Gasteiger partial charge in [-0.25, -0.2) is 0 Å². The van der Waals surface area contributed by atoms with E-state index in [-0.39, 0.29) is 5.41 Å². The molecule has 0 bridgehead atoms. The van der Waals surface area contributed by atoms with Gasteiger partial charge >= 0.3 is 5.97 Å². The Labute approximate surface area is 174 Å². The topological polar surface area (TPSA) is 40.5 Å². The summed E-state index contributed by atoms with van der Waals surface area (Å²) in [5, 5.41) is 9.96. The Morgan fingerprint density at radius 3 is 2.67 bits per heavy atom. The molecular weight excluding hydrogens is 426 g/mol. The van der Waals surface area contributed by atoms with Gasteiger partial charge < -0.3 is 5.11 Å². The molecule has 0 amide bonds. The molecule has 1 N–H and O–H groups in total. The summed E-state index contributed by atoms with van der Waals surface area (Å²) in [5.41, 5.74) is 4.05. The smallest absolute Gasteiger partial charge is 0.320 e. The number of rotatable bonds is 7. The summed E-state index contributed by atoms with van der Waals surface area (Å²) in [6.07, 6.45) is 4.05. The van der Waals surface area contributed by atoms with Gasteiger partial charge in [0.05, 0.1) is 0 Å². The number of nitrogens with zero attached hydrogens (tertiary/aromatic N) is 1. The van der Waals surface area contributed by atoms with Gasteiger partial charge in [-0.2, -0.15) is 0 Å². The van der Waals surface area contributed by atoms with Crippen LogP contribution in [0.5, 0.6) is 0 Å². The van der Waals surface area contributed by atoms with E-state index in [1.807, 2.05) is 24.1 Å². The minimum atomic E-state index is -0.777. The van der Waals surface area contributed by atoms with E-state index in [9.17, 15) is 9.90 Å². The van der Waals surface area contributed by atoms with E-state index in [2.05, 4.69) is 46.3 Å². The fourth-order valence-electron chi connectivity index (χ4n) is 4.20. The molecule has 0 aliphatic heterocycles. The summed E-state index contributed by atoms with van der Waals surface area (Å²) < 4.78 is 1.11. The summed E-state index contributed by atoms with van der Waals surface area (Å²) in [7, 11) is 1.88. The van der Waals surface area contributed by atoms with Crippen molar-refractivity contribution in [2.24, 2.45) is 0 Å². The van der Waals surface area contributed by atoms with Gasteiger partial charge in [-0.05, 0) is 87.2 Å². The fourth-order valence-corrected chi connectivity index (χ4v) is 4.74. The number of fused-ring (bicyclic) bond motifs is 1. The van der Waals surface area contributed by atoms with Crippen LogP contribution in [0.15, 0.2) is 46.9 Å². The highest BCUT2D eigenvalue weighted by molar-refractivity contribution is 9.10. The van der Waals surface area contributed by atoms with Crippen molar-refractivity contribution in [2.45, 2.75) is 44.1 Å². The molecule has 3 nitrogen and oxygen atoms in total. The van der Waals surface area contributed by atoms with Crippen molar-refractivity contribution in [3.8, 4) is 0 Å². The monoisotopic (exact) mass is 449 g/mol. The minimum absolute atomic E-state index is 0.0338. The first-order valence-corrected chi connectivity index (χ1v) is 10.5. The second-order valence-corrected chi connectivity index (χ2v) is 8.84. The maximum Gasteiger partial charge on any atom is 0.320 e. The van der Waals surface area contributed by atoms with Crippen LogP contribution in [-0.2, 0) is 16.6 Å². The number of likely N-dealkylation sites (N-methyl/N-ethyl adjacent to an activating group) is 1. The lowest BCUT2D eigenvalue weighted by Gasteiger charge is -2.33. The van der Waals surface area contributed by atoms with Crippen molar-refractivity contribution >= 4 is 33.5 Å². The maximum absolute atomic E-state index is 11.2. The molecule has 0 spiro atoms. The molecule has 27 heavy (non-hydrogen) atoms. The standard InChI is InChI=1S/C22H25BrClNO2/c1-15(21(26)27)25(2)13-3-11-22(17-4-7-19(24)8-5-17)12-10-16-14-18(23)6-9-20(16)22/h4-9,14-15H,3,10-13H2,1-2H3,(H,26,27)/t15-,22?/m0/s1. The SMILES string of the molecule is C[C@@H](C(=O)O)N(C)CCCC1(c2ccc(Cl)cc2)CCc2cc(Br)ccc21. The zero-order chi connectivity index (χ0) is 19.6. The number of hydrogen-bond donors (Lipinski definition) is 1. The van der Waals surface area contributed by atoms with Crippen LogP contribution in [-0.4, -0.2) is 35.6 Å². The highest BCUT2D eigenvalue weighted by Crippen LogP contribution is 2.48. The molecule has 1 aliphatic carbocycles. The number of aliphatic carboxylic acids is 1. The first-order chi connectivity index (χ1) is 12.8. The van der Waals surface area contributed by atoms with E-state index in [0.29, 0.717) is 0 Å². The molecule has 0 saturated carbocycles. The van der Waals surface area contributed by atoms with Crippen LogP contribution in [0.1, 0.15) is 42.9 Å². The van der Waals surface area contributed by atoms with Crippen molar-refractivity contribution in [2.75, 3.05) is 13.6 Å². The molecule has 0 radical (unpaired) electrons. The zero-order valence-electron chi connectivity index (χ0n) is 15.7. The highest BCUT2D eigenvalue weighted by Gasteiger charge is 2.39. The van der Waals surface area contributed by atoms with Crippen LogP contribution in [0.2, 0.25) is 5.02 Å². The lowest BCUT2D eigenvalue weighted by Crippen LogP contribution is -2.37. The molecule has 0 saturated heterocycles. The van der Waals surface area contributed by atoms with Gasteiger partial charge in [-0.3, -0.25) is 9.69 Å². The van der Waals surface area contributed by atoms with Crippen molar-refractivity contribution in [1.29, 1.82) is 0 Å². The molecule has 2 aromatic carbocycles. The molecule has 5 heteroatoms. The number of aryl methyl sites for hydroxylation is 1. The van der Waals surface area contributed by atoms with Crippen molar-refractivity contribution in [3.63, 3.8) is 0 Å². The summed E-state index contributed by atoms with van der Waals surface area (Å²) in [6, 6.07) is 14.3. The molecule has 2 atom stereocenters. The summed E-state index contributed by atoms with van der Waals surface area (Å²) in [5.74, 6) is -0.777. The lowest BCUT2D eigenvalue weighted by molar-refractivity contribution is -0.142. The van der Waals surface area contributed by atoms with E-state index in [0.717, 1.165) is 41.7 Å². The Hall–Kier alpha value is -1.36. The molecule has 1 unspecified atom stereocenters. The fraction of sp³-hybridized carbons (Fsp3) is 0.409. The van der Waals surface area contributed by atoms with Crippen LogP contribution in [0.25, 0.3) is 0 Å². The lowest BCUT2D eigenvalue weighted by atomic mass is 9.72. The van der Waals surface area contributed by atoms with E-state index in [1.54, 1.807) is 6.92 Å². The van der Waals surface area contributed by atoms with E-state index in [4.69, 9.17) is 11.6 Å². The number of carboxylic acids is 1. The van der Waals surface area contributed by atoms with E-state index < -0.39 is 12.0 Å². The van der Waals surface area contributed by atoms with Gasteiger partial charge in [-0.1, -0.05) is 45.7 Å².